The van der Waals surface area contributed by atoms with Gasteiger partial charge in [0, 0.05) is 9.65 Å². The van der Waals surface area contributed by atoms with Crippen LogP contribution in [0.3, 0.4) is 0 Å². The van der Waals surface area contributed by atoms with Gasteiger partial charge in [0.1, 0.15) is 0 Å². The fraction of sp³-hybridized carbons (Fsp3) is 1.00. The molecular formula is C5H7Br5. The lowest BCUT2D eigenvalue weighted by Gasteiger charge is -2.19. The van der Waals surface area contributed by atoms with Crippen LogP contribution in [0.4, 0.5) is 0 Å². The number of hydrogen-bond acceptors (Lipinski definition) is 0. The van der Waals surface area contributed by atoms with E-state index in [2.05, 4.69) is 86.6 Å². The standard InChI is InChI=1S/C5H7Br5/c1-2(6)3(7)4(8)5(9)10/h2-5H,1H3. The van der Waals surface area contributed by atoms with Crippen molar-refractivity contribution in [3.05, 3.63) is 0 Å². The van der Waals surface area contributed by atoms with Gasteiger partial charge in [0.25, 0.3) is 0 Å². The maximum absolute atomic E-state index is 3.55. The summed E-state index contributed by atoms with van der Waals surface area (Å²) in [4.78, 5) is 1.24. The van der Waals surface area contributed by atoms with Crippen molar-refractivity contribution < 1.29 is 0 Å². The second-order valence-corrected chi connectivity index (χ2v) is 8.66. The van der Waals surface area contributed by atoms with Crippen molar-refractivity contribution in [3.8, 4) is 0 Å². The van der Waals surface area contributed by atoms with Crippen molar-refractivity contribution >= 4 is 79.6 Å². The molecule has 0 aromatic heterocycles. The summed E-state index contributed by atoms with van der Waals surface area (Å²) in [5.74, 6) is 0. The Morgan fingerprint density at radius 2 is 1.20 bits per heavy atom. The molecule has 0 rings (SSSR count). The highest BCUT2D eigenvalue weighted by atomic mass is 79.9. The van der Waals surface area contributed by atoms with Gasteiger partial charge in [-0.1, -0.05) is 86.6 Å². The first-order valence-corrected chi connectivity index (χ1v) is 7.25. The Kier molecular flexibility index (Phi) is 7.37. The Bertz CT molecular complexity index is 80.0. The molecule has 0 aliphatic heterocycles. The van der Waals surface area contributed by atoms with Crippen LogP contribution in [0.15, 0.2) is 0 Å². The van der Waals surface area contributed by atoms with Crippen LogP contribution in [0, 0.1) is 0 Å². The third-order valence-electron chi connectivity index (χ3n) is 0.984. The summed E-state index contributed by atoms with van der Waals surface area (Å²) in [6, 6.07) is 0. The normalized spacial score (nSPS) is 20.7. The van der Waals surface area contributed by atoms with Crippen LogP contribution in [0.25, 0.3) is 0 Å². The molecule has 0 saturated heterocycles. The minimum Gasteiger partial charge on any atom is -0.0881 e. The van der Waals surface area contributed by atoms with Gasteiger partial charge in [0.15, 0.2) is 0 Å². The van der Waals surface area contributed by atoms with Crippen LogP contribution in [0.1, 0.15) is 6.92 Å². The average Bonchev–Trinajstić information content (AvgIpc) is 1.84. The molecule has 0 aromatic rings. The van der Waals surface area contributed by atoms with Gasteiger partial charge in [0.2, 0.25) is 0 Å². The Labute approximate surface area is 104 Å². The molecule has 0 aliphatic rings. The highest BCUT2D eigenvalue weighted by molar-refractivity contribution is 9.25. The molecule has 0 heterocycles. The second-order valence-electron chi connectivity index (χ2n) is 1.90. The zero-order valence-electron chi connectivity index (χ0n) is 5.20. The Morgan fingerprint density at radius 3 is 1.30 bits per heavy atom. The Morgan fingerprint density at radius 1 is 0.800 bits per heavy atom. The zero-order chi connectivity index (χ0) is 8.31. The molecule has 62 valence electrons. The monoisotopic (exact) mass is 462 g/mol. The smallest absolute Gasteiger partial charge is 0.0833 e. The van der Waals surface area contributed by atoms with E-state index < -0.39 is 0 Å². The minimum absolute atomic E-state index is 0.296. The summed E-state index contributed by atoms with van der Waals surface area (Å²) >= 11 is 17.4. The van der Waals surface area contributed by atoms with Crippen molar-refractivity contribution in [1.82, 2.24) is 0 Å². The van der Waals surface area contributed by atoms with Crippen molar-refractivity contribution in [2.45, 2.75) is 25.1 Å². The molecule has 0 spiro atoms. The van der Waals surface area contributed by atoms with E-state index in [0.29, 0.717) is 18.2 Å². The van der Waals surface area contributed by atoms with E-state index in [1.165, 1.54) is 0 Å². The number of halogens is 5. The van der Waals surface area contributed by atoms with Gasteiger partial charge in [-0.2, -0.15) is 0 Å². The molecule has 0 bridgehead atoms. The van der Waals surface area contributed by atoms with Crippen molar-refractivity contribution in [2.24, 2.45) is 0 Å². The molecule has 0 saturated carbocycles. The van der Waals surface area contributed by atoms with Crippen molar-refractivity contribution in [3.63, 3.8) is 0 Å². The maximum atomic E-state index is 3.55. The molecule has 0 aliphatic carbocycles. The number of rotatable bonds is 3. The third kappa shape index (κ3) is 4.43. The molecule has 0 aromatic carbocycles. The van der Waals surface area contributed by atoms with Crippen LogP contribution in [0.2, 0.25) is 0 Å². The minimum atomic E-state index is 0.296. The summed E-state index contributed by atoms with van der Waals surface area (Å²) < 4.78 is 0.296. The number of alkyl halides is 5. The van der Waals surface area contributed by atoms with Crippen LogP contribution in [-0.2, 0) is 0 Å². The largest absolute Gasteiger partial charge is 0.0881 e. The number of hydrogen-bond donors (Lipinski definition) is 0. The van der Waals surface area contributed by atoms with Crippen LogP contribution in [-0.4, -0.2) is 18.2 Å². The first-order valence-electron chi connectivity index (χ1n) is 2.67. The van der Waals surface area contributed by atoms with Gasteiger partial charge in [-0.05, 0) is 0 Å². The quantitative estimate of drug-likeness (QED) is 0.541. The fourth-order valence-electron chi connectivity index (χ4n) is 0.392. The van der Waals surface area contributed by atoms with E-state index in [0.717, 1.165) is 0 Å². The van der Waals surface area contributed by atoms with E-state index in [9.17, 15) is 0 Å². The van der Waals surface area contributed by atoms with Crippen molar-refractivity contribution in [1.29, 1.82) is 0 Å². The van der Waals surface area contributed by atoms with Gasteiger partial charge in [-0.25, -0.2) is 0 Å². The molecule has 10 heavy (non-hydrogen) atoms. The molecule has 3 atom stereocenters. The van der Waals surface area contributed by atoms with Crippen molar-refractivity contribution in [2.75, 3.05) is 0 Å². The summed E-state index contributed by atoms with van der Waals surface area (Å²) in [5.41, 5.74) is 0. The molecule has 0 fully saturated rings. The predicted octanol–water partition coefficient (Wildman–Crippen LogP) is 4.41. The predicted molar refractivity (Wildman–Crippen MR) is 65.5 cm³/mol. The van der Waals surface area contributed by atoms with E-state index in [1.54, 1.807) is 0 Å². The molecule has 5 heteroatoms. The van der Waals surface area contributed by atoms with Crippen LogP contribution >= 0.6 is 79.6 Å². The topological polar surface area (TPSA) is 0 Å². The van der Waals surface area contributed by atoms with E-state index >= 15 is 0 Å². The third-order valence-corrected chi connectivity index (χ3v) is 7.99. The Balaban J connectivity index is 3.81. The molecule has 0 nitrogen and oxygen atoms in total. The van der Waals surface area contributed by atoms with Crippen LogP contribution in [0.5, 0.6) is 0 Å². The molecule has 0 N–H and O–H groups in total. The lowest BCUT2D eigenvalue weighted by atomic mass is 10.3. The van der Waals surface area contributed by atoms with E-state index in [4.69, 9.17) is 0 Å². The van der Waals surface area contributed by atoms with E-state index in [1.807, 2.05) is 0 Å². The zero-order valence-corrected chi connectivity index (χ0v) is 13.1. The molecular weight excluding hydrogens is 460 g/mol. The summed E-state index contributed by atoms with van der Waals surface area (Å²) in [6.45, 7) is 2.11. The first-order chi connectivity index (χ1) is 4.46. The highest BCUT2D eigenvalue weighted by Gasteiger charge is 2.24. The molecule has 0 amide bonds. The summed E-state index contributed by atoms with van der Waals surface area (Å²) in [6.07, 6.45) is 0. The lowest BCUT2D eigenvalue weighted by Crippen LogP contribution is -2.26. The fourth-order valence-corrected chi connectivity index (χ4v) is 3.37. The SMILES string of the molecule is CC(Br)C(Br)C(Br)C(Br)Br. The van der Waals surface area contributed by atoms with Gasteiger partial charge in [-0.3, -0.25) is 0 Å². The summed E-state index contributed by atoms with van der Waals surface area (Å²) in [7, 11) is 0. The van der Waals surface area contributed by atoms with Gasteiger partial charge < -0.3 is 0 Å². The van der Waals surface area contributed by atoms with Gasteiger partial charge in [0.05, 0.1) is 8.56 Å². The average molecular weight is 467 g/mol. The van der Waals surface area contributed by atoms with Crippen LogP contribution < -0.4 is 0 Å². The first kappa shape index (κ1) is 12.4. The summed E-state index contributed by atoms with van der Waals surface area (Å²) in [5, 5.41) is 0. The Hall–Kier alpha value is 2.40. The molecule has 0 radical (unpaired) electrons. The second kappa shape index (κ2) is 5.95. The molecule has 3 unspecified atom stereocenters. The van der Waals surface area contributed by atoms with E-state index in [-0.39, 0.29) is 0 Å². The van der Waals surface area contributed by atoms with Gasteiger partial charge >= 0.3 is 0 Å². The lowest BCUT2D eigenvalue weighted by molar-refractivity contribution is 0.856. The maximum Gasteiger partial charge on any atom is 0.0833 e. The highest BCUT2D eigenvalue weighted by Crippen LogP contribution is 2.31. The van der Waals surface area contributed by atoms with Gasteiger partial charge in [-0.15, -0.1) is 0 Å².